The van der Waals surface area contributed by atoms with Crippen molar-refractivity contribution in [3.8, 4) is 0 Å². The molecule has 31 heavy (non-hydrogen) atoms. The largest absolute Gasteiger partial charge is 0.396 e. The molecule has 5 aliphatic carbocycles. The van der Waals surface area contributed by atoms with Gasteiger partial charge in [-0.3, -0.25) is 0 Å². The van der Waals surface area contributed by atoms with Crippen LogP contribution >= 0.6 is 0 Å². The van der Waals surface area contributed by atoms with Crippen molar-refractivity contribution in [2.75, 3.05) is 6.61 Å². The summed E-state index contributed by atoms with van der Waals surface area (Å²) in [7, 11) is 0. The molecule has 0 bridgehead atoms. The van der Waals surface area contributed by atoms with Gasteiger partial charge in [0.15, 0.2) is 0 Å². The Kier molecular flexibility index (Phi) is 4.68. The zero-order valence-corrected chi connectivity index (χ0v) is 21.5. The lowest BCUT2D eigenvalue weighted by molar-refractivity contribution is -0.161. The van der Waals surface area contributed by atoms with E-state index in [1.807, 2.05) is 5.57 Å². The third-order valence-electron chi connectivity index (χ3n) is 12.6. The van der Waals surface area contributed by atoms with Crippen LogP contribution in [-0.4, -0.2) is 11.7 Å². The highest BCUT2D eigenvalue weighted by atomic mass is 16.3. The molecule has 1 N–H and O–H groups in total. The minimum absolute atomic E-state index is 0.114. The highest BCUT2D eigenvalue weighted by molar-refractivity contribution is 5.34. The van der Waals surface area contributed by atoms with Crippen LogP contribution in [0.15, 0.2) is 23.8 Å². The Hall–Kier alpha value is -0.560. The van der Waals surface area contributed by atoms with E-state index < -0.39 is 0 Å². The summed E-state index contributed by atoms with van der Waals surface area (Å²) in [6.45, 7) is 18.3. The quantitative estimate of drug-likeness (QED) is 0.423. The lowest BCUT2D eigenvalue weighted by Gasteiger charge is -2.70. The summed E-state index contributed by atoms with van der Waals surface area (Å²) in [4.78, 5) is 0. The highest BCUT2D eigenvalue weighted by Crippen LogP contribution is 2.75. The van der Waals surface area contributed by atoms with Crippen LogP contribution in [0, 0.1) is 50.2 Å². The van der Waals surface area contributed by atoms with Gasteiger partial charge in [-0.25, -0.2) is 0 Å². The van der Waals surface area contributed by atoms with E-state index in [1.54, 1.807) is 0 Å². The molecule has 0 saturated heterocycles. The SMILES string of the molecule is CC1(C)C=CC[C@]2(C)[C@H]3CC=C4[C@H]5C[C@@](C)(CO)CC[C@]5(C)CC[C@@]4(C)[C@]3(C)CC[C@@H]12. The number of rotatable bonds is 1. The summed E-state index contributed by atoms with van der Waals surface area (Å²) < 4.78 is 0. The molecule has 5 rings (SSSR count). The van der Waals surface area contributed by atoms with Gasteiger partial charge in [0.05, 0.1) is 0 Å². The molecule has 3 fully saturated rings. The number of hydrogen-bond acceptors (Lipinski definition) is 1. The van der Waals surface area contributed by atoms with Crippen molar-refractivity contribution in [3.05, 3.63) is 23.8 Å². The van der Waals surface area contributed by atoms with E-state index in [-0.39, 0.29) is 5.41 Å². The second-order valence-corrected chi connectivity index (χ2v) is 14.6. The van der Waals surface area contributed by atoms with Crippen molar-refractivity contribution in [1.29, 1.82) is 0 Å². The van der Waals surface area contributed by atoms with Crippen LogP contribution in [-0.2, 0) is 0 Å². The van der Waals surface area contributed by atoms with Gasteiger partial charge >= 0.3 is 0 Å². The maximum Gasteiger partial charge on any atom is 0.0484 e. The molecule has 0 radical (unpaired) electrons. The summed E-state index contributed by atoms with van der Waals surface area (Å²) in [6.07, 6.45) is 19.6. The average Bonchev–Trinajstić information content (AvgIpc) is 2.69. The van der Waals surface area contributed by atoms with Crippen LogP contribution in [0.25, 0.3) is 0 Å². The third kappa shape index (κ3) is 2.77. The molecule has 1 heteroatoms. The highest BCUT2D eigenvalue weighted by Gasteiger charge is 2.66. The Labute approximate surface area is 192 Å². The fourth-order valence-corrected chi connectivity index (χ4v) is 10.2. The third-order valence-corrected chi connectivity index (χ3v) is 12.6. The van der Waals surface area contributed by atoms with E-state index >= 15 is 0 Å². The number of hydrogen-bond donors (Lipinski definition) is 1. The summed E-state index contributed by atoms with van der Waals surface area (Å²) in [5, 5.41) is 10.2. The number of allylic oxidation sites excluding steroid dienone is 4. The van der Waals surface area contributed by atoms with Crippen molar-refractivity contribution >= 4 is 0 Å². The van der Waals surface area contributed by atoms with E-state index in [2.05, 4.69) is 66.7 Å². The van der Waals surface area contributed by atoms with Crippen LogP contribution in [0.4, 0.5) is 0 Å². The van der Waals surface area contributed by atoms with Gasteiger partial charge in [0.1, 0.15) is 0 Å². The van der Waals surface area contributed by atoms with E-state index in [0.29, 0.717) is 39.6 Å². The van der Waals surface area contributed by atoms with Gasteiger partial charge in [-0.05, 0) is 108 Å². The standard InChI is InChI=1S/C30H48O/c1-25(2)12-8-13-28(5)23(25)11-14-30(7)24(28)10-9-21-22-19-26(3,20-31)15-16-27(22,4)17-18-29(21,30)6/h8-9,12,22-24,31H,10-11,13-20H2,1-7H3/t22-,23+,24-,26+,27-,28+,29-,30-/m1/s1. The van der Waals surface area contributed by atoms with Gasteiger partial charge in [-0.15, -0.1) is 0 Å². The van der Waals surface area contributed by atoms with Crippen molar-refractivity contribution in [2.45, 2.75) is 106 Å². The Bertz CT molecular complexity index is 820. The smallest absolute Gasteiger partial charge is 0.0484 e. The molecule has 0 aromatic carbocycles. The van der Waals surface area contributed by atoms with Crippen LogP contribution in [0.3, 0.4) is 0 Å². The Balaban J connectivity index is 1.58. The first-order chi connectivity index (χ1) is 14.3. The first kappa shape index (κ1) is 22.2. The Morgan fingerprint density at radius 2 is 1.61 bits per heavy atom. The van der Waals surface area contributed by atoms with E-state index in [4.69, 9.17) is 0 Å². The molecule has 0 aromatic rings. The molecule has 3 saturated carbocycles. The first-order valence-corrected chi connectivity index (χ1v) is 13.3. The van der Waals surface area contributed by atoms with Crippen LogP contribution in [0.5, 0.6) is 0 Å². The molecular formula is C30H48O. The Morgan fingerprint density at radius 3 is 2.32 bits per heavy atom. The summed E-state index contributed by atoms with van der Waals surface area (Å²) >= 11 is 0. The maximum absolute atomic E-state index is 10.2. The fourth-order valence-electron chi connectivity index (χ4n) is 10.2. The predicted molar refractivity (Wildman–Crippen MR) is 131 cm³/mol. The molecule has 0 aliphatic heterocycles. The van der Waals surface area contributed by atoms with Gasteiger partial charge in [0.2, 0.25) is 0 Å². The predicted octanol–water partition coefficient (Wildman–Crippen LogP) is 7.95. The molecule has 0 unspecified atom stereocenters. The van der Waals surface area contributed by atoms with Crippen LogP contribution in [0.1, 0.15) is 106 Å². The molecule has 0 spiro atoms. The van der Waals surface area contributed by atoms with E-state index in [9.17, 15) is 5.11 Å². The van der Waals surface area contributed by atoms with Crippen molar-refractivity contribution in [2.24, 2.45) is 50.2 Å². The minimum atomic E-state index is 0.114. The Morgan fingerprint density at radius 1 is 0.903 bits per heavy atom. The summed E-state index contributed by atoms with van der Waals surface area (Å²) in [6, 6.07) is 0. The van der Waals surface area contributed by atoms with Crippen molar-refractivity contribution < 1.29 is 5.11 Å². The maximum atomic E-state index is 10.2. The second kappa shape index (κ2) is 6.52. The number of fused-ring (bicyclic) bond motifs is 7. The molecule has 0 heterocycles. The summed E-state index contributed by atoms with van der Waals surface area (Å²) in [5.74, 6) is 2.26. The van der Waals surface area contributed by atoms with Gasteiger partial charge in [0.25, 0.3) is 0 Å². The van der Waals surface area contributed by atoms with Crippen LogP contribution in [0.2, 0.25) is 0 Å². The van der Waals surface area contributed by atoms with E-state index in [0.717, 1.165) is 11.8 Å². The molecule has 5 aliphatic rings. The lowest BCUT2D eigenvalue weighted by Crippen LogP contribution is -2.62. The molecule has 0 aromatic heterocycles. The van der Waals surface area contributed by atoms with Crippen LogP contribution < -0.4 is 0 Å². The lowest BCUT2D eigenvalue weighted by atomic mass is 9.34. The normalized spacial score (nSPS) is 55.4. The van der Waals surface area contributed by atoms with E-state index in [1.165, 1.54) is 57.8 Å². The van der Waals surface area contributed by atoms with Crippen molar-refractivity contribution in [3.63, 3.8) is 0 Å². The number of aliphatic hydroxyl groups excluding tert-OH is 1. The average molecular weight is 425 g/mol. The molecular weight excluding hydrogens is 376 g/mol. The van der Waals surface area contributed by atoms with Gasteiger partial charge in [0, 0.05) is 6.61 Å². The minimum Gasteiger partial charge on any atom is -0.396 e. The zero-order valence-electron chi connectivity index (χ0n) is 21.5. The molecule has 174 valence electrons. The van der Waals surface area contributed by atoms with Gasteiger partial charge in [-0.1, -0.05) is 72.3 Å². The van der Waals surface area contributed by atoms with Gasteiger partial charge in [-0.2, -0.15) is 0 Å². The topological polar surface area (TPSA) is 20.2 Å². The van der Waals surface area contributed by atoms with Crippen molar-refractivity contribution in [1.82, 2.24) is 0 Å². The number of aliphatic hydroxyl groups is 1. The van der Waals surface area contributed by atoms with Gasteiger partial charge < -0.3 is 5.11 Å². The molecule has 0 amide bonds. The summed E-state index contributed by atoms with van der Waals surface area (Å²) in [5.41, 5.74) is 3.85. The zero-order chi connectivity index (χ0) is 22.5. The molecule has 8 atom stereocenters. The second-order valence-electron chi connectivity index (χ2n) is 14.6. The monoisotopic (exact) mass is 424 g/mol. The first-order valence-electron chi connectivity index (χ1n) is 13.3. The fraction of sp³-hybridized carbons (Fsp3) is 0.867. The molecule has 1 nitrogen and oxygen atoms in total.